The summed E-state index contributed by atoms with van der Waals surface area (Å²) in [5.41, 5.74) is 4.01. The molecule has 0 spiro atoms. The summed E-state index contributed by atoms with van der Waals surface area (Å²) < 4.78 is 6.18. The number of fused-ring (bicyclic) bond motifs is 1. The van der Waals surface area contributed by atoms with E-state index in [1.54, 1.807) is 0 Å². The predicted molar refractivity (Wildman–Crippen MR) is 107 cm³/mol. The van der Waals surface area contributed by atoms with Crippen LogP contribution in [0.15, 0.2) is 71.1 Å². The monoisotopic (exact) mass is 345 g/mol. The Balaban J connectivity index is 1.33. The first-order valence-corrected chi connectivity index (χ1v) is 9.82. The van der Waals surface area contributed by atoms with Gasteiger partial charge in [0.1, 0.15) is 11.5 Å². The lowest BCUT2D eigenvalue weighted by Crippen LogP contribution is -2.24. The molecule has 2 heterocycles. The van der Waals surface area contributed by atoms with Gasteiger partial charge in [0.25, 0.3) is 0 Å². The Morgan fingerprint density at radius 3 is 2.46 bits per heavy atom. The van der Waals surface area contributed by atoms with Crippen molar-refractivity contribution in [1.82, 2.24) is 4.90 Å². The van der Waals surface area contributed by atoms with E-state index >= 15 is 0 Å². The van der Waals surface area contributed by atoms with Crippen LogP contribution in [0.5, 0.6) is 0 Å². The fraction of sp³-hybridized carbons (Fsp3) is 0.333. The van der Waals surface area contributed by atoms with Crippen molar-refractivity contribution in [2.75, 3.05) is 13.1 Å². The molecule has 1 aliphatic heterocycles. The van der Waals surface area contributed by atoms with Gasteiger partial charge in [-0.1, -0.05) is 60.7 Å². The number of unbranched alkanes of at least 4 members (excludes halogenated alkanes) is 1. The molecular weight excluding hydrogens is 318 g/mol. The molecule has 0 saturated heterocycles. The normalized spacial score (nSPS) is 14.8. The zero-order chi connectivity index (χ0) is 17.6. The van der Waals surface area contributed by atoms with Gasteiger partial charge in [0.05, 0.1) is 0 Å². The number of benzene rings is 2. The number of nitrogens with zero attached hydrogens (tertiary/aromatic N) is 1. The van der Waals surface area contributed by atoms with Gasteiger partial charge in [0, 0.05) is 24.1 Å². The Kier molecular flexibility index (Phi) is 5.51. The molecule has 0 fully saturated rings. The zero-order valence-electron chi connectivity index (χ0n) is 15.4. The molecule has 1 aliphatic rings. The number of rotatable bonds is 6. The number of hydrogen-bond donors (Lipinski definition) is 0. The average Bonchev–Trinajstić information content (AvgIpc) is 2.99. The molecule has 0 amide bonds. The van der Waals surface area contributed by atoms with Gasteiger partial charge in [-0.15, -0.1) is 0 Å². The third-order valence-corrected chi connectivity index (χ3v) is 5.26. The lowest BCUT2D eigenvalue weighted by Gasteiger charge is -2.19. The minimum absolute atomic E-state index is 1.02. The first-order valence-electron chi connectivity index (χ1n) is 9.82. The quantitative estimate of drug-likeness (QED) is 0.531. The molecule has 0 saturated carbocycles. The van der Waals surface area contributed by atoms with Crippen LogP contribution in [0.2, 0.25) is 0 Å². The number of furan rings is 1. The van der Waals surface area contributed by atoms with Crippen LogP contribution in [0, 0.1) is 0 Å². The van der Waals surface area contributed by atoms with Crippen molar-refractivity contribution in [2.24, 2.45) is 0 Å². The molecule has 0 bridgehead atoms. The van der Waals surface area contributed by atoms with Crippen LogP contribution in [0.3, 0.4) is 0 Å². The van der Waals surface area contributed by atoms with Crippen molar-refractivity contribution in [3.63, 3.8) is 0 Å². The summed E-state index contributed by atoms with van der Waals surface area (Å²) in [5.74, 6) is 2.21. The van der Waals surface area contributed by atoms with Gasteiger partial charge in [-0.25, -0.2) is 0 Å². The van der Waals surface area contributed by atoms with Gasteiger partial charge in [-0.3, -0.25) is 4.90 Å². The molecule has 0 aliphatic carbocycles. The van der Waals surface area contributed by atoms with Crippen LogP contribution in [0.25, 0.3) is 11.3 Å². The largest absolute Gasteiger partial charge is 0.461 e. The highest BCUT2D eigenvalue weighted by Gasteiger charge is 2.19. The van der Waals surface area contributed by atoms with Gasteiger partial charge < -0.3 is 4.42 Å². The smallest absolute Gasteiger partial charge is 0.134 e. The maximum atomic E-state index is 6.18. The molecule has 0 unspecified atom stereocenters. The lowest BCUT2D eigenvalue weighted by molar-refractivity contribution is 0.264. The molecule has 0 radical (unpaired) electrons. The van der Waals surface area contributed by atoms with Crippen LogP contribution in [0.1, 0.15) is 36.1 Å². The summed E-state index contributed by atoms with van der Waals surface area (Å²) in [6.45, 7) is 3.38. The fourth-order valence-electron chi connectivity index (χ4n) is 3.84. The summed E-state index contributed by atoms with van der Waals surface area (Å²) in [4.78, 5) is 2.60. The van der Waals surface area contributed by atoms with E-state index in [1.807, 2.05) is 0 Å². The van der Waals surface area contributed by atoms with Crippen LogP contribution >= 0.6 is 0 Å². The highest BCUT2D eigenvalue weighted by atomic mass is 16.3. The average molecular weight is 345 g/mol. The van der Waals surface area contributed by atoms with Crippen molar-refractivity contribution >= 4 is 0 Å². The molecular formula is C24H27NO. The Morgan fingerprint density at radius 1 is 0.885 bits per heavy atom. The van der Waals surface area contributed by atoms with Crippen LogP contribution in [0.4, 0.5) is 0 Å². The SMILES string of the molecule is c1ccc(CCCCN2CCCc3oc(-c4ccccc4)cc3C2)cc1. The van der Waals surface area contributed by atoms with E-state index in [2.05, 4.69) is 71.6 Å². The molecule has 2 nitrogen and oxygen atoms in total. The minimum Gasteiger partial charge on any atom is -0.461 e. The minimum atomic E-state index is 1.02. The molecule has 134 valence electrons. The fourth-order valence-corrected chi connectivity index (χ4v) is 3.84. The van der Waals surface area contributed by atoms with Crippen LogP contribution in [-0.4, -0.2) is 18.0 Å². The maximum absolute atomic E-state index is 6.18. The molecule has 0 atom stereocenters. The summed E-state index contributed by atoms with van der Waals surface area (Å²) >= 11 is 0. The molecule has 26 heavy (non-hydrogen) atoms. The van der Waals surface area contributed by atoms with Crippen LogP contribution < -0.4 is 0 Å². The Labute approximate surface area is 156 Å². The molecule has 2 aromatic carbocycles. The van der Waals surface area contributed by atoms with E-state index in [0.29, 0.717) is 0 Å². The summed E-state index contributed by atoms with van der Waals surface area (Å²) in [6.07, 6.45) is 5.95. The lowest BCUT2D eigenvalue weighted by atomic mass is 10.1. The number of aryl methyl sites for hydroxylation is 2. The second-order valence-electron chi connectivity index (χ2n) is 7.25. The molecule has 4 rings (SSSR count). The molecule has 1 aromatic heterocycles. The van der Waals surface area contributed by atoms with E-state index in [4.69, 9.17) is 4.42 Å². The van der Waals surface area contributed by atoms with Gasteiger partial charge in [-0.2, -0.15) is 0 Å². The summed E-state index contributed by atoms with van der Waals surface area (Å²) in [6, 6.07) is 23.5. The first-order chi connectivity index (χ1) is 12.9. The molecule has 3 aromatic rings. The van der Waals surface area contributed by atoms with Gasteiger partial charge in [-0.05, 0) is 50.4 Å². The van der Waals surface area contributed by atoms with Crippen molar-refractivity contribution in [1.29, 1.82) is 0 Å². The third kappa shape index (κ3) is 4.25. The molecule has 2 heteroatoms. The van der Waals surface area contributed by atoms with E-state index in [0.717, 1.165) is 18.7 Å². The second-order valence-corrected chi connectivity index (χ2v) is 7.25. The van der Waals surface area contributed by atoms with E-state index < -0.39 is 0 Å². The van der Waals surface area contributed by atoms with Gasteiger partial charge in [0.2, 0.25) is 0 Å². The molecule has 0 N–H and O–H groups in total. The Morgan fingerprint density at radius 2 is 1.65 bits per heavy atom. The van der Waals surface area contributed by atoms with Crippen LogP contribution in [-0.2, 0) is 19.4 Å². The van der Waals surface area contributed by atoms with Gasteiger partial charge in [0.15, 0.2) is 0 Å². The zero-order valence-corrected chi connectivity index (χ0v) is 15.4. The number of hydrogen-bond acceptors (Lipinski definition) is 2. The second kappa shape index (κ2) is 8.37. The summed E-state index contributed by atoms with van der Waals surface area (Å²) in [7, 11) is 0. The van der Waals surface area contributed by atoms with Crippen molar-refractivity contribution in [2.45, 2.75) is 38.6 Å². The summed E-state index contributed by atoms with van der Waals surface area (Å²) in [5, 5.41) is 0. The van der Waals surface area contributed by atoms with Gasteiger partial charge >= 0.3 is 0 Å². The van der Waals surface area contributed by atoms with Crippen molar-refractivity contribution in [3.8, 4) is 11.3 Å². The topological polar surface area (TPSA) is 16.4 Å². The third-order valence-electron chi connectivity index (χ3n) is 5.26. The van der Waals surface area contributed by atoms with E-state index in [-0.39, 0.29) is 0 Å². The Hall–Kier alpha value is -2.32. The highest BCUT2D eigenvalue weighted by molar-refractivity contribution is 5.58. The highest BCUT2D eigenvalue weighted by Crippen LogP contribution is 2.29. The maximum Gasteiger partial charge on any atom is 0.134 e. The first kappa shape index (κ1) is 17.1. The van der Waals surface area contributed by atoms with E-state index in [1.165, 1.54) is 61.2 Å². The predicted octanol–water partition coefficient (Wildman–Crippen LogP) is 5.72. The van der Waals surface area contributed by atoms with Crippen molar-refractivity contribution < 1.29 is 4.42 Å². The van der Waals surface area contributed by atoms with E-state index in [9.17, 15) is 0 Å². The Bertz CT molecular complexity index is 807. The standard InChI is InChI=1S/C24H27NO/c1-3-10-20(11-4-1)12-7-8-16-25-17-9-15-23-22(19-25)18-24(26-23)21-13-5-2-6-14-21/h1-6,10-11,13-14,18H,7-9,12,15-17,19H2. The van der Waals surface area contributed by atoms with Crippen molar-refractivity contribution in [3.05, 3.63) is 83.6 Å².